The van der Waals surface area contributed by atoms with Gasteiger partial charge in [-0.3, -0.25) is 0 Å². The van der Waals surface area contributed by atoms with Gasteiger partial charge in [-0.2, -0.15) is 0 Å². The second-order valence-corrected chi connectivity index (χ2v) is 5.13. The molecule has 1 unspecified atom stereocenters. The molecule has 0 radical (unpaired) electrons. The van der Waals surface area contributed by atoms with Gasteiger partial charge in [-0.15, -0.1) is 0 Å². The summed E-state index contributed by atoms with van der Waals surface area (Å²) in [7, 11) is 0. The van der Waals surface area contributed by atoms with Gasteiger partial charge < -0.3 is 15.6 Å². The Morgan fingerprint density at radius 2 is 1.89 bits per heavy atom. The van der Waals surface area contributed by atoms with Crippen LogP contribution in [0.5, 0.6) is 5.75 Å². The molecule has 0 aliphatic carbocycles. The molecule has 0 amide bonds. The molecule has 0 heterocycles. The first-order valence-electron chi connectivity index (χ1n) is 7.27. The van der Waals surface area contributed by atoms with E-state index >= 15 is 0 Å². The van der Waals surface area contributed by atoms with Crippen molar-refractivity contribution in [1.82, 2.24) is 0 Å². The first kappa shape index (κ1) is 16.0. The molecule has 0 saturated heterocycles. The smallest absolute Gasteiger partial charge is 0.119 e. The number of aliphatic hydroxyl groups is 1. The molecule has 0 fully saturated rings. The third-order valence-corrected chi connectivity index (χ3v) is 3.56. The van der Waals surface area contributed by atoms with Crippen LogP contribution in [0.3, 0.4) is 0 Å². The lowest BCUT2D eigenvalue weighted by atomic mass is 9.95. The van der Waals surface area contributed by atoms with Crippen molar-refractivity contribution in [1.29, 1.82) is 0 Å². The van der Waals surface area contributed by atoms with Crippen molar-refractivity contribution in [3.63, 3.8) is 0 Å². The van der Waals surface area contributed by atoms with Crippen molar-refractivity contribution in [3.05, 3.63) is 29.8 Å². The number of nitrogens with two attached hydrogens (primary N) is 1. The van der Waals surface area contributed by atoms with Crippen LogP contribution in [0.4, 0.5) is 0 Å². The Kier molecular flexibility index (Phi) is 6.89. The summed E-state index contributed by atoms with van der Waals surface area (Å²) in [5, 5.41) is 10.0. The summed E-state index contributed by atoms with van der Waals surface area (Å²) < 4.78 is 5.67. The molecule has 0 aliphatic rings. The van der Waals surface area contributed by atoms with Gasteiger partial charge in [0.05, 0.1) is 12.2 Å². The quantitative estimate of drug-likeness (QED) is 0.675. The van der Waals surface area contributed by atoms with Crippen molar-refractivity contribution >= 4 is 0 Å². The van der Waals surface area contributed by atoms with Crippen LogP contribution >= 0.6 is 0 Å². The minimum atomic E-state index is -0.728. The van der Waals surface area contributed by atoms with E-state index < -0.39 is 5.60 Å². The number of benzene rings is 1. The molecule has 3 nitrogen and oxygen atoms in total. The van der Waals surface area contributed by atoms with E-state index in [-0.39, 0.29) is 0 Å². The van der Waals surface area contributed by atoms with Crippen molar-refractivity contribution in [3.8, 4) is 5.75 Å². The molecule has 1 aromatic carbocycles. The Labute approximate surface area is 116 Å². The Morgan fingerprint density at radius 3 is 2.42 bits per heavy atom. The predicted molar refractivity (Wildman–Crippen MR) is 79.5 cm³/mol. The number of hydrogen-bond acceptors (Lipinski definition) is 3. The third kappa shape index (κ3) is 5.62. The lowest BCUT2D eigenvalue weighted by molar-refractivity contribution is 0.0309. The first-order chi connectivity index (χ1) is 9.13. The summed E-state index contributed by atoms with van der Waals surface area (Å²) in [5.74, 6) is 0.896. The van der Waals surface area contributed by atoms with E-state index in [9.17, 15) is 5.11 Å². The van der Waals surface area contributed by atoms with Crippen LogP contribution in [-0.2, 0) is 6.42 Å². The van der Waals surface area contributed by atoms with E-state index in [0.29, 0.717) is 26.0 Å². The van der Waals surface area contributed by atoms with Crippen LogP contribution in [-0.4, -0.2) is 23.9 Å². The summed E-state index contributed by atoms with van der Waals surface area (Å²) in [6.07, 6.45) is 4.47. The molecule has 0 bridgehead atoms. The van der Waals surface area contributed by atoms with E-state index in [1.54, 1.807) is 0 Å². The zero-order chi connectivity index (χ0) is 14.1. The second-order valence-electron chi connectivity index (χ2n) is 5.13. The maximum atomic E-state index is 10.0. The van der Waals surface area contributed by atoms with E-state index in [1.807, 2.05) is 19.1 Å². The fourth-order valence-electron chi connectivity index (χ4n) is 2.06. The van der Waals surface area contributed by atoms with Crippen LogP contribution in [0.25, 0.3) is 0 Å². The summed E-state index contributed by atoms with van der Waals surface area (Å²) in [5.41, 5.74) is 6.18. The molecule has 0 aliphatic heterocycles. The maximum absolute atomic E-state index is 10.0. The van der Waals surface area contributed by atoms with Crippen LogP contribution in [0, 0.1) is 0 Å². The molecule has 3 N–H and O–H groups in total. The molecule has 19 heavy (non-hydrogen) atoms. The highest BCUT2D eigenvalue weighted by Crippen LogP contribution is 2.17. The molecule has 0 spiro atoms. The van der Waals surface area contributed by atoms with Crippen LogP contribution in [0.1, 0.15) is 45.1 Å². The predicted octanol–water partition coefficient (Wildman–Crippen LogP) is 2.90. The first-order valence-corrected chi connectivity index (χ1v) is 7.27. The normalized spacial score (nSPS) is 14.1. The summed E-state index contributed by atoms with van der Waals surface area (Å²) in [6.45, 7) is 5.07. The van der Waals surface area contributed by atoms with Gasteiger partial charge in [0.25, 0.3) is 0 Å². The number of rotatable bonds is 9. The highest BCUT2D eigenvalue weighted by molar-refractivity contribution is 5.27. The van der Waals surface area contributed by atoms with Gasteiger partial charge in [0.1, 0.15) is 5.75 Å². The Hall–Kier alpha value is -1.06. The Bertz CT molecular complexity index is 344. The van der Waals surface area contributed by atoms with Gasteiger partial charge in [-0.25, -0.2) is 0 Å². The molecule has 0 aromatic heterocycles. The highest BCUT2D eigenvalue weighted by atomic mass is 16.5. The topological polar surface area (TPSA) is 55.5 Å². The van der Waals surface area contributed by atoms with Crippen molar-refractivity contribution < 1.29 is 9.84 Å². The van der Waals surface area contributed by atoms with Gasteiger partial charge in [0.2, 0.25) is 0 Å². The lowest BCUT2D eigenvalue weighted by Crippen LogP contribution is -2.37. The van der Waals surface area contributed by atoms with Crippen LogP contribution in [0.2, 0.25) is 0 Å². The fourth-order valence-corrected chi connectivity index (χ4v) is 2.06. The number of aryl methyl sites for hydroxylation is 1. The number of hydrogen-bond donors (Lipinski definition) is 2. The molecule has 1 aromatic rings. The van der Waals surface area contributed by atoms with Crippen LogP contribution < -0.4 is 10.5 Å². The van der Waals surface area contributed by atoms with Crippen molar-refractivity contribution in [2.75, 3.05) is 13.2 Å². The van der Waals surface area contributed by atoms with E-state index in [0.717, 1.165) is 25.0 Å². The van der Waals surface area contributed by atoms with Crippen molar-refractivity contribution in [2.24, 2.45) is 5.73 Å². The molecule has 1 rings (SSSR count). The van der Waals surface area contributed by atoms with Gasteiger partial charge in [0.15, 0.2) is 0 Å². The summed E-state index contributed by atoms with van der Waals surface area (Å²) in [4.78, 5) is 0. The Morgan fingerprint density at radius 1 is 1.21 bits per heavy atom. The minimum absolute atomic E-state index is 0.315. The molecular weight excluding hydrogens is 238 g/mol. The molecule has 3 heteroatoms. The molecule has 108 valence electrons. The van der Waals surface area contributed by atoms with Gasteiger partial charge in [0, 0.05) is 6.54 Å². The third-order valence-electron chi connectivity index (χ3n) is 3.56. The SMILES string of the molecule is CCCc1ccc(OCCCC(O)(CC)CN)cc1. The molecular formula is C16H27NO2. The lowest BCUT2D eigenvalue weighted by Gasteiger charge is -2.24. The average molecular weight is 265 g/mol. The average Bonchev–Trinajstić information content (AvgIpc) is 2.45. The second kappa shape index (κ2) is 8.18. The zero-order valence-electron chi connectivity index (χ0n) is 12.2. The highest BCUT2D eigenvalue weighted by Gasteiger charge is 2.21. The summed E-state index contributed by atoms with van der Waals surface area (Å²) in [6, 6.07) is 8.25. The van der Waals surface area contributed by atoms with Gasteiger partial charge >= 0.3 is 0 Å². The molecule has 1 atom stereocenters. The molecule has 0 saturated carbocycles. The monoisotopic (exact) mass is 265 g/mol. The zero-order valence-corrected chi connectivity index (χ0v) is 12.2. The van der Waals surface area contributed by atoms with E-state index in [1.165, 1.54) is 5.56 Å². The van der Waals surface area contributed by atoms with Gasteiger partial charge in [-0.1, -0.05) is 32.4 Å². The fraction of sp³-hybridized carbons (Fsp3) is 0.625. The number of ether oxygens (including phenoxy) is 1. The maximum Gasteiger partial charge on any atom is 0.119 e. The Balaban J connectivity index is 2.29. The van der Waals surface area contributed by atoms with E-state index in [2.05, 4.69) is 19.1 Å². The minimum Gasteiger partial charge on any atom is -0.494 e. The van der Waals surface area contributed by atoms with E-state index in [4.69, 9.17) is 10.5 Å². The van der Waals surface area contributed by atoms with Crippen molar-refractivity contribution in [2.45, 2.75) is 51.6 Å². The van der Waals surface area contributed by atoms with Crippen LogP contribution in [0.15, 0.2) is 24.3 Å². The van der Waals surface area contributed by atoms with Gasteiger partial charge in [-0.05, 0) is 43.4 Å². The standard InChI is InChI=1S/C16H27NO2/c1-3-6-14-7-9-15(10-8-14)19-12-5-11-16(18,4-2)13-17/h7-10,18H,3-6,11-13,17H2,1-2H3. The summed E-state index contributed by atoms with van der Waals surface area (Å²) >= 11 is 0. The largest absolute Gasteiger partial charge is 0.494 e.